The number of carboxylic acids is 1. The largest absolute Gasteiger partial charge is 0.508 e. The van der Waals surface area contributed by atoms with Crippen molar-refractivity contribution >= 4 is 102 Å². The first kappa shape index (κ1) is 103. The molecular formula is C77H125N20O23P. The molecule has 44 heteroatoms. The number of amides is 14. The van der Waals surface area contributed by atoms with Crippen LogP contribution in [-0.4, -0.2) is 278 Å². The molecule has 2 aromatic carbocycles. The van der Waals surface area contributed by atoms with Crippen LogP contribution < -0.4 is 92.5 Å². The number of nitrogens with two attached hydrogens (primary N) is 5. The van der Waals surface area contributed by atoms with Gasteiger partial charge in [0.1, 0.15) is 84.3 Å². The number of aromatic hydroxyl groups is 1. The SMILES string of the molecule is CC(C)C[C@H](NC(=O)[C@@H]1CCCN1C(=O)[C@H](C)N)C(=O)N[C@@H](COP(=O)(O)O)C(=O)N[C@@H](Cc1ccccc1)C(=O)N[C@@H](CCCN=C(N)N)C(=O)NCC(=O)N[C@@H](CO)C(=O)N[C@@H](CC(C)C)C(=O)N1CCC[C@H]1C(=O)N[C@@H](CCCCN)C(=O)N[C@@H](CO)C(=O)N[C@@H](Cc1ccc(O)cc1)C(=O)N[C@H](C(=O)N[C@@H](CCCCN)C(=O)O)C(C)C. The number of hydrogen-bond acceptors (Lipinski definition) is 24. The Labute approximate surface area is 702 Å². The number of likely N-dealkylation sites (tertiary alicyclic amines) is 2. The average molecular weight is 1730 g/mol. The molecule has 676 valence electrons. The Kier molecular flexibility index (Phi) is 44.1. The fourth-order valence-corrected chi connectivity index (χ4v) is 13.7. The Balaban J connectivity index is 1.52. The van der Waals surface area contributed by atoms with E-state index < -0.39 is 213 Å². The number of nitrogens with one attached hydrogen (secondary N) is 12. The normalized spacial score (nSPS) is 16.9. The highest BCUT2D eigenvalue weighted by atomic mass is 31.2. The van der Waals surface area contributed by atoms with E-state index in [1.165, 1.54) is 41.0 Å². The molecule has 0 bridgehead atoms. The van der Waals surface area contributed by atoms with Crippen LogP contribution in [0.1, 0.15) is 149 Å². The van der Waals surface area contributed by atoms with Crippen molar-refractivity contribution in [1.29, 1.82) is 0 Å². The van der Waals surface area contributed by atoms with Crippen LogP contribution in [0.25, 0.3) is 0 Å². The molecule has 43 nitrogen and oxygen atoms in total. The number of phenols is 1. The van der Waals surface area contributed by atoms with Crippen LogP contribution >= 0.6 is 7.82 Å². The molecule has 2 aromatic rings. The fraction of sp³-hybridized carbons (Fsp3) is 0.636. The van der Waals surface area contributed by atoms with Gasteiger partial charge in [0.05, 0.1) is 32.4 Å². The van der Waals surface area contributed by atoms with E-state index in [4.69, 9.17) is 33.2 Å². The van der Waals surface area contributed by atoms with E-state index in [0.29, 0.717) is 36.8 Å². The smallest absolute Gasteiger partial charge is 0.469 e. The first-order valence-corrected chi connectivity index (χ1v) is 42.0. The van der Waals surface area contributed by atoms with Gasteiger partial charge in [0.25, 0.3) is 0 Å². The Bertz CT molecular complexity index is 3870. The quantitative estimate of drug-likeness (QED) is 0.0127. The van der Waals surface area contributed by atoms with E-state index in [1.807, 2.05) is 0 Å². The highest BCUT2D eigenvalue weighted by Crippen LogP contribution is 2.36. The summed E-state index contributed by atoms with van der Waals surface area (Å²) < 4.78 is 16.8. The van der Waals surface area contributed by atoms with E-state index in [-0.39, 0.29) is 133 Å². The number of benzene rings is 2. The van der Waals surface area contributed by atoms with E-state index in [0.717, 1.165) is 0 Å². The summed E-state index contributed by atoms with van der Waals surface area (Å²) in [7, 11) is -5.38. The van der Waals surface area contributed by atoms with Crippen LogP contribution in [0.5, 0.6) is 5.75 Å². The number of rotatable bonds is 53. The predicted molar refractivity (Wildman–Crippen MR) is 439 cm³/mol. The van der Waals surface area contributed by atoms with Crippen molar-refractivity contribution in [2.24, 2.45) is 51.4 Å². The maximum atomic E-state index is 14.7. The van der Waals surface area contributed by atoms with Crippen LogP contribution in [0.15, 0.2) is 59.6 Å². The number of carbonyl (C=O) groups is 15. The van der Waals surface area contributed by atoms with Crippen molar-refractivity contribution in [2.45, 2.75) is 236 Å². The number of carboxylic acid groups (broad SMARTS) is 1. The first-order valence-electron chi connectivity index (χ1n) is 40.5. The number of unbranched alkanes of at least 4 members (excludes halogenated alkanes) is 2. The summed E-state index contributed by atoms with van der Waals surface area (Å²) in [6.45, 7) is 7.84. The highest BCUT2D eigenvalue weighted by Gasteiger charge is 2.43. The van der Waals surface area contributed by atoms with Gasteiger partial charge in [0, 0.05) is 32.5 Å². The van der Waals surface area contributed by atoms with Crippen molar-refractivity contribution in [1.82, 2.24) is 73.6 Å². The molecule has 2 saturated heterocycles. The van der Waals surface area contributed by atoms with Gasteiger partial charge in [0.2, 0.25) is 82.7 Å². The van der Waals surface area contributed by atoms with Crippen LogP contribution in [0, 0.1) is 17.8 Å². The van der Waals surface area contributed by atoms with Crippen LogP contribution in [0.4, 0.5) is 0 Å². The Morgan fingerprint density at radius 2 is 0.917 bits per heavy atom. The maximum Gasteiger partial charge on any atom is 0.469 e. The minimum atomic E-state index is -5.38. The van der Waals surface area contributed by atoms with Crippen molar-refractivity contribution < 1.29 is 111 Å². The Hall–Kier alpha value is -10.5. The second kappa shape index (κ2) is 51.9. The molecule has 2 fully saturated rings. The molecule has 2 aliphatic heterocycles. The van der Waals surface area contributed by atoms with Gasteiger partial charge < -0.3 is 132 Å². The number of aliphatic carboxylic acids is 1. The number of phosphoric ester groups is 1. The zero-order valence-electron chi connectivity index (χ0n) is 69.5. The lowest BCUT2D eigenvalue weighted by molar-refractivity contribution is -0.143. The third-order valence-corrected chi connectivity index (χ3v) is 20.2. The Morgan fingerprint density at radius 3 is 1.42 bits per heavy atom. The third kappa shape index (κ3) is 36.0. The standard InChI is InChI=1S/C77H125N20O23P/c1-42(2)34-52(91-72(111)59-23-16-32-96(59)74(113)45(7)80)65(104)94-58(41-120-121(117,118)119)70(109)90-53(36-46-18-9-8-10-19-46)66(105)86-49(22-15-31-83-77(81)82)63(102)84-38-61(101)85-56(39-98)68(107)92-55(35-43(3)4)75(114)97-33-17-24-60(97)71(110)87-50(20-11-13-29-78)64(103)93-57(40-99)69(108)89-54(37-47-25-27-48(100)28-26-47)67(106)95-62(44(5)6)73(112)88-51(76(115)116)21-12-14-30-79/h8-10,18-19,25-28,42-45,49-60,62,98-100H,11-17,20-24,29-41,78-80H2,1-7H3,(H,84,102)(H,85,101)(H,86,105)(H,87,110)(H,88,112)(H,89,108)(H,90,109)(H,91,111)(H,92,107)(H,93,103)(H,94,104)(H,95,106)(H,115,116)(H4,81,82,83)(H2,117,118,119)/t45-,49-,50-,51-,52-,53-,54-,55-,56-,57-,58-,59-,60-,62-/m0/s1. The number of carbonyl (C=O) groups excluding carboxylic acids is 14. The molecule has 0 aliphatic carbocycles. The molecule has 0 radical (unpaired) electrons. The second-order valence-corrected chi connectivity index (χ2v) is 32.4. The molecular weight excluding hydrogens is 1600 g/mol. The molecule has 4 rings (SSSR count). The van der Waals surface area contributed by atoms with Gasteiger partial charge in [-0.1, -0.05) is 84.0 Å². The zero-order valence-corrected chi connectivity index (χ0v) is 70.4. The summed E-state index contributed by atoms with van der Waals surface area (Å²) in [5.41, 5.74) is 29.1. The molecule has 14 amide bonds. The average Bonchev–Trinajstić information content (AvgIpc) is 1.73. The Morgan fingerprint density at radius 1 is 0.496 bits per heavy atom. The molecule has 28 N–H and O–H groups in total. The van der Waals surface area contributed by atoms with Gasteiger partial charge in [-0.2, -0.15) is 0 Å². The van der Waals surface area contributed by atoms with Gasteiger partial charge in [-0.25, -0.2) is 9.36 Å². The summed E-state index contributed by atoms with van der Waals surface area (Å²) in [5, 5.41) is 70.9. The number of aliphatic imine (C=N–C) groups is 1. The minimum absolute atomic E-state index is 0.00329. The number of aliphatic hydroxyl groups excluding tert-OH is 2. The lowest BCUT2D eigenvalue weighted by Crippen LogP contribution is -2.61. The van der Waals surface area contributed by atoms with E-state index in [1.54, 1.807) is 71.9 Å². The first-order chi connectivity index (χ1) is 57.1. The molecule has 0 spiro atoms. The summed E-state index contributed by atoms with van der Waals surface area (Å²) in [5.74, 6) is -16.2. The molecule has 0 aromatic heterocycles. The molecule has 0 unspecified atom stereocenters. The monoisotopic (exact) mass is 1730 g/mol. The molecule has 2 aliphatic rings. The van der Waals surface area contributed by atoms with Crippen molar-refractivity contribution in [3.8, 4) is 5.75 Å². The summed E-state index contributed by atoms with van der Waals surface area (Å²) in [4.78, 5) is 235. The molecule has 2 heterocycles. The van der Waals surface area contributed by atoms with Gasteiger partial charge >= 0.3 is 13.8 Å². The lowest BCUT2D eigenvalue weighted by Gasteiger charge is -2.31. The van der Waals surface area contributed by atoms with E-state index in [9.17, 15) is 107 Å². The second-order valence-electron chi connectivity index (χ2n) is 31.1. The lowest BCUT2D eigenvalue weighted by atomic mass is 10.00. The molecule has 14 atom stereocenters. The van der Waals surface area contributed by atoms with Gasteiger partial charge in [0.15, 0.2) is 5.96 Å². The van der Waals surface area contributed by atoms with Crippen molar-refractivity contribution in [3.63, 3.8) is 0 Å². The summed E-state index contributed by atoms with van der Waals surface area (Å²) >= 11 is 0. The maximum absolute atomic E-state index is 14.7. The van der Waals surface area contributed by atoms with Crippen LogP contribution in [-0.2, 0) is 93.8 Å². The number of guanidine groups is 1. The van der Waals surface area contributed by atoms with Crippen molar-refractivity contribution in [2.75, 3.05) is 59.1 Å². The van der Waals surface area contributed by atoms with E-state index in [2.05, 4.69) is 68.8 Å². The van der Waals surface area contributed by atoms with Gasteiger partial charge in [-0.3, -0.25) is 76.6 Å². The van der Waals surface area contributed by atoms with Gasteiger partial charge in [-0.15, -0.1) is 0 Å². The highest BCUT2D eigenvalue weighted by molar-refractivity contribution is 7.46. The minimum Gasteiger partial charge on any atom is -0.508 e. The van der Waals surface area contributed by atoms with Crippen LogP contribution in [0.2, 0.25) is 0 Å². The zero-order chi connectivity index (χ0) is 90.4. The summed E-state index contributed by atoms with van der Waals surface area (Å²) in [6, 6.07) is -6.89. The predicted octanol–water partition coefficient (Wildman–Crippen LogP) is -5.81. The van der Waals surface area contributed by atoms with Crippen LogP contribution in [0.3, 0.4) is 0 Å². The third-order valence-electron chi connectivity index (χ3n) is 19.7. The van der Waals surface area contributed by atoms with Crippen molar-refractivity contribution in [3.05, 3.63) is 65.7 Å². The van der Waals surface area contributed by atoms with E-state index >= 15 is 0 Å². The number of aliphatic hydroxyl groups is 2. The molecule has 121 heavy (non-hydrogen) atoms. The number of phenolic OH excluding ortho intramolecular Hbond substituents is 1. The van der Waals surface area contributed by atoms with Gasteiger partial charge in [-0.05, 0) is 151 Å². The number of hydrogen-bond donors (Lipinski definition) is 23. The number of nitrogens with zero attached hydrogens (tertiary/aromatic N) is 3. The topological polar surface area (TPSA) is 697 Å². The molecule has 0 saturated carbocycles. The number of phosphoric acid groups is 1. The summed E-state index contributed by atoms with van der Waals surface area (Å²) in [6.07, 6.45) is 1.47. The fourth-order valence-electron chi connectivity index (χ4n) is 13.4.